The van der Waals surface area contributed by atoms with E-state index >= 15 is 0 Å². The lowest BCUT2D eigenvalue weighted by molar-refractivity contribution is 1.64. The standard InChI is InChI=1S/C50H32/c1-2-13-33(14-3-1)41-24-11-19-36-27-28-38(32-47(36)41)49-44-22-8-9-23-45(44)50(43-26-12-18-35-16-5-7-21-40(35)43)48-31-37(29-30-46(48)49)42-25-10-17-34-15-4-6-20-39(34)42/h1-32H. The van der Waals surface area contributed by atoms with E-state index in [-0.39, 0.29) is 0 Å². The van der Waals surface area contributed by atoms with Crippen molar-refractivity contribution in [2.75, 3.05) is 0 Å². The number of hydrogen-bond donors (Lipinski definition) is 0. The zero-order chi connectivity index (χ0) is 33.0. The predicted molar refractivity (Wildman–Crippen MR) is 216 cm³/mol. The van der Waals surface area contributed by atoms with Crippen LogP contribution in [0.1, 0.15) is 0 Å². The molecule has 0 spiro atoms. The van der Waals surface area contributed by atoms with Crippen molar-refractivity contribution in [3.05, 3.63) is 194 Å². The summed E-state index contributed by atoms with van der Waals surface area (Å²) >= 11 is 0. The molecule has 0 unspecified atom stereocenters. The maximum atomic E-state index is 2.45. The molecule has 0 heteroatoms. The third-order valence-corrected chi connectivity index (χ3v) is 10.4. The maximum absolute atomic E-state index is 2.45. The Morgan fingerprint density at radius 2 is 0.660 bits per heavy atom. The molecule has 0 aliphatic heterocycles. The molecule has 0 amide bonds. The summed E-state index contributed by atoms with van der Waals surface area (Å²) in [5, 5.41) is 12.6. The molecule has 10 aromatic carbocycles. The van der Waals surface area contributed by atoms with Crippen molar-refractivity contribution in [3.63, 3.8) is 0 Å². The molecule has 0 heterocycles. The lowest BCUT2D eigenvalue weighted by Crippen LogP contribution is -1.93. The molecule has 0 aliphatic rings. The van der Waals surface area contributed by atoms with E-state index in [1.165, 1.54) is 98.4 Å². The molecule has 0 nitrogen and oxygen atoms in total. The van der Waals surface area contributed by atoms with E-state index in [4.69, 9.17) is 0 Å². The van der Waals surface area contributed by atoms with Gasteiger partial charge >= 0.3 is 0 Å². The van der Waals surface area contributed by atoms with Crippen LogP contribution in [0, 0.1) is 0 Å². The molecule has 0 aliphatic carbocycles. The van der Waals surface area contributed by atoms with Gasteiger partial charge in [0.1, 0.15) is 0 Å². The molecule has 0 N–H and O–H groups in total. The van der Waals surface area contributed by atoms with E-state index in [9.17, 15) is 0 Å². The van der Waals surface area contributed by atoms with Gasteiger partial charge in [0.15, 0.2) is 0 Å². The van der Waals surface area contributed by atoms with Crippen LogP contribution in [0.25, 0.3) is 98.4 Å². The SMILES string of the molecule is c1ccc(-c2cccc3ccc(-c4c5ccccc5c(-c5cccc6ccccc56)c5cc(-c6cccc7ccccc67)ccc45)cc23)cc1. The van der Waals surface area contributed by atoms with Gasteiger partial charge in [0.25, 0.3) is 0 Å². The molecular formula is C50H32. The van der Waals surface area contributed by atoms with Crippen LogP contribution in [0.4, 0.5) is 0 Å². The Balaban J connectivity index is 1.34. The summed E-state index contributed by atoms with van der Waals surface area (Å²) in [6, 6.07) is 71.4. The van der Waals surface area contributed by atoms with Crippen molar-refractivity contribution >= 4 is 53.9 Å². The quantitative estimate of drug-likeness (QED) is 0.169. The second-order valence-corrected chi connectivity index (χ2v) is 13.2. The Morgan fingerprint density at radius 1 is 0.200 bits per heavy atom. The summed E-state index contributed by atoms with van der Waals surface area (Å²) in [7, 11) is 0. The second kappa shape index (κ2) is 11.6. The molecule has 0 atom stereocenters. The summed E-state index contributed by atoms with van der Waals surface area (Å²) in [4.78, 5) is 0. The smallest absolute Gasteiger partial charge is 0.00199 e. The summed E-state index contributed by atoms with van der Waals surface area (Å²) < 4.78 is 0. The third kappa shape index (κ3) is 4.54. The first-order valence-corrected chi connectivity index (χ1v) is 17.4. The van der Waals surface area contributed by atoms with Crippen molar-refractivity contribution in [3.8, 4) is 44.5 Å². The second-order valence-electron chi connectivity index (χ2n) is 13.2. The molecule has 10 aromatic rings. The van der Waals surface area contributed by atoms with Gasteiger partial charge in [-0.15, -0.1) is 0 Å². The molecule has 0 fully saturated rings. The van der Waals surface area contributed by atoms with Crippen molar-refractivity contribution in [2.24, 2.45) is 0 Å². The van der Waals surface area contributed by atoms with Crippen molar-refractivity contribution in [1.82, 2.24) is 0 Å². The Morgan fingerprint density at radius 3 is 1.36 bits per heavy atom. The lowest BCUT2D eigenvalue weighted by atomic mass is 9.83. The third-order valence-electron chi connectivity index (χ3n) is 10.4. The van der Waals surface area contributed by atoms with Gasteiger partial charge in [0.2, 0.25) is 0 Å². The highest BCUT2D eigenvalue weighted by atomic mass is 14.2. The molecule has 0 radical (unpaired) electrons. The summed E-state index contributed by atoms with van der Waals surface area (Å²) in [6.45, 7) is 0. The van der Waals surface area contributed by atoms with Crippen molar-refractivity contribution in [2.45, 2.75) is 0 Å². The van der Waals surface area contributed by atoms with Gasteiger partial charge in [0.05, 0.1) is 0 Å². The molecule has 10 rings (SSSR count). The highest BCUT2D eigenvalue weighted by Crippen LogP contribution is 2.47. The van der Waals surface area contributed by atoms with Crippen molar-refractivity contribution in [1.29, 1.82) is 0 Å². The highest BCUT2D eigenvalue weighted by Gasteiger charge is 2.20. The molecular weight excluding hydrogens is 601 g/mol. The Labute approximate surface area is 291 Å². The minimum atomic E-state index is 1.22. The van der Waals surface area contributed by atoms with Crippen LogP contribution < -0.4 is 0 Å². The van der Waals surface area contributed by atoms with Gasteiger partial charge in [-0.25, -0.2) is 0 Å². The van der Waals surface area contributed by atoms with Crippen LogP contribution in [0.15, 0.2) is 194 Å². The topological polar surface area (TPSA) is 0 Å². The number of hydrogen-bond acceptors (Lipinski definition) is 0. The lowest BCUT2D eigenvalue weighted by Gasteiger charge is -2.20. The predicted octanol–water partition coefficient (Wildman–Crippen LogP) is 14.1. The van der Waals surface area contributed by atoms with Gasteiger partial charge in [-0.05, 0) is 111 Å². The van der Waals surface area contributed by atoms with E-state index in [1.807, 2.05) is 0 Å². The number of benzene rings is 10. The average Bonchev–Trinajstić information content (AvgIpc) is 3.19. The van der Waals surface area contributed by atoms with Crippen LogP contribution in [-0.4, -0.2) is 0 Å². The molecule has 232 valence electrons. The molecule has 0 bridgehead atoms. The average molecular weight is 633 g/mol. The molecule has 0 saturated carbocycles. The van der Waals surface area contributed by atoms with E-state index in [0.717, 1.165) is 0 Å². The number of fused-ring (bicyclic) bond motifs is 5. The minimum absolute atomic E-state index is 1.22. The van der Waals surface area contributed by atoms with Crippen LogP contribution in [0.3, 0.4) is 0 Å². The zero-order valence-electron chi connectivity index (χ0n) is 27.5. The summed E-state index contributed by atoms with van der Waals surface area (Å²) in [6.07, 6.45) is 0. The van der Waals surface area contributed by atoms with E-state index in [1.54, 1.807) is 0 Å². The van der Waals surface area contributed by atoms with Gasteiger partial charge < -0.3 is 0 Å². The van der Waals surface area contributed by atoms with Crippen LogP contribution in [0.2, 0.25) is 0 Å². The van der Waals surface area contributed by atoms with E-state index in [2.05, 4.69) is 194 Å². The Kier molecular flexibility index (Phi) is 6.60. The fourth-order valence-electron chi connectivity index (χ4n) is 8.17. The summed E-state index contributed by atoms with van der Waals surface area (Å²) in [5.74, 6) is 0. The van der Waals surface area contributed by atoms with Crippen LogP contribution in [0.5, 0.6) is 0 Å². The molecule has 0 saturated heterocycles. The van der Waals surface area contributed by atoms with Gasteiger partial charge in [-0.3, -0.25) is 0 Å². The van der Waals surface area contributed by atoms with Gasteiger partial charge in [0, 0.05) is 0 Å². The maximum Gasteiger partial charge on any atom is -0.00199 e. The largest absolute Gasteiger partial charge is 0.0622 e. The normalized spacial score (nSPS) is 11.6. The van der Waals surface area contributed by atoms with Gasteiger partial charge in [-0.1, -0.05) is 182 Å². The van der Waals surface area contributed by atoms with E-state index in [0.29, 0.717) is 0 Å². The highest BCUT2D eigenvalue weighted by molar-refractivity contribution is 6.24. The van der Waals surface area contributed by atoms with Crippen LogP contribution in [-0.2, 0) is 0 Å². The van der Waals surface area contributed by atoms with Crippen molar-refractivity contribution < 1.29 is 0 Å². The van der Waals surface area contributed by atoms with Crippen LogP contribution >= 0.6 is 0 Å². The monoisotopic (exact) mass is 632 g/mol. The Bertz CT molecular complexity index is 2900. The first-order valence-electron chi connectivity index (χ1n) is 17.4. The number of rotatable bonds is 4. The fraction of sp³-hybridized carbons (Fsp3) is 0. The molecule has 0 aromatic heterocycles. The fourth-order valence-corrected chi connectivity index (χ4v) is 8.17. The van der Waals surface area contributed by atoms with E-state index < -0.39 is 0 Å². The first kappa shape index (κ1) is 28.5. The Hall–Kier alpha value is -6.50. The molecule has 50 heavy (non-hydrogen) atoms. The zero-order valence-corrected chi connectivity index (χ0v) is 27.5. The first-order chi connectivity index (χ1) is 24.8. The minimum Gasteiger partial charge on any atom is -0.0622 e. The van der Waals surface area contributed by atoms with Gasteiger partial charge in [-0.2, -0.15) is 0 Å². The summed E-state index contributed by atoms with van der Waals surface area (Å²) in [5.41, 5.74) is 10.0.